The van der Waals surface area contributed by atoms with E-state index in [0.29, 0.717) is 22.6 Å². The molecular formula is C24H22O8. The zero-order chi connectivity index (χ0) is 23.0. The van der Waals surface area contributed by atoms with Crippen molar-refractivity contribution in [2.75, 3.05) is 7.11 Å². The van der Waals surface area contributed by atoms with Crippen molar-refractivity contribution in [3.8, 4) is 22.8 Å². The van der Waals surface area contributed by atoms with Gasteiger partial charge in [0.25, 0.3) is 0 Å². The highest BCUT2D eigenvalue weighted by Gasteiger charge is 2.43. The van der Waals surface area contributed by atoms with Crippen molar-refractivity contribution in [3.05, 3.63) is 58.3 Å². The summed E-state index contributed by atoms with van der Waals surface area (Å²) >= 11 is 0. The van der Waals surface area contributed by atoms with Crippen LogP contribution in [0.3, 0.4) is 0 Å². The molecule has 1 aromatic heterocycles. The summed E-state index contributed by atoms with van der Waals surface area (Å²) in [5.41, 5.74) is 0.791. The van der Waals surface area contributed by atoms with E-state index in [1.165, 1.54) is 27.0 Å². The fourth-order valence-corrected chi connectivity index (χ4v) is 3.90. The minimum atomic E-state index is -1.04. The first kappa shape index (κ1) is 21.4. The maximum Gasteiger partial charge on any atom is 0.303 e. The average molecular weight is 438 g/mol. The van der Waals surface area contributed by atoms with Crippen LogP contribution in [0.2, 0.25) is 0 Å². The van der Waals surface area contributed by atoms with Crippen LogP contribution in [0.5, 0.6) is 11.5 Å². The van der Waals surface area contributed by atoms with E-state index < -0.39 is 30.3 Å². The van der Waals surface area contributed by atoms with Crippen LogP contribution >= 0.6 is 0 Å². The first-order chi connectivity index (χ1) is 15.3. The molecule has 2 aromatic carbocycles. The highest BCUT2D eigenvalue weighted by molar-refractivity contribution is 5.90. The molecule has 2 heterocycles. The molecule has 0 saturated carbocycles. The number of rotatable bonds is 4. The van der Waals surface area contributed by atoms with E-state index in [9.17, 15) is 14.4 Å². The van der Waals surface area contributed by atoms with Gasteiger partial charge in [-0.15, -0.1) is 0 Å². The van der Waals surface area contributed by atoms with E-state index in [2.05, 4.69) is 0 Å². The number of carbonyl (C=O) groups excluding carboxylic acids is 2. The Kier molecular flexibility index (Phi) is 5.61. The molecule has 8 heteroatoms. The molecule has 3 unspecified atom stereocenters. The number of fused-ring (bicyclic) bond motifs is 3. The third-order valence-electron chi connectivity index (χ3n) is 5.20. The molecule has 0 N–H and O–H groups in total. The summed E-state index contributed by atoms with van der Waals surface area (Å²) in [5.74, 6) is -0.257. The van der Waals surface area contributed by atoms with Crippen molar-refractivity contribution in [3.63, 3.8) is 0 Å². The Hall–Kier alpha value is -3.81. The van der Waals surface area contributed by atoms with Crippen molar-refractivity contribution in [2.45, 2.75) is 39.1 Å². The number of ether oxygens (including phenoxy) is 4. The molecule has 166 valence electrons. The second kappa shape index (κ2) is 8.37. The van der Waals surface area contributed by atoms with E-state index in [0.717, 1.165) is 0 Å². The SMILES string of the molecule is COc1cc2c(c3oc(-c4ccccc4)cc(=O)c13)C(OC(C)=O)C(OC(C)=O)C(C)O2. The van der Waals surface area contributed by atoms with Crippen LogP contribution < -0.4 is 14.9 Å². The Labute approximate surface area is 183 Å². The predicted molar refractivity (Wildman–Crippen MR) is 115 cm³/mol. The van der Waals surface area contributed by atoms with Gasteiger partial charge in [0, 0.05) is 31.5 Å². The van der Waals surface area contributed by atoms with Gasteiger partial charge in [-0.05, 0) is 6.92 Å². The lowest BCUT2D eigenvalue weighted by Crippen LogP contribution is -2.43. The molecule has 0 saturated heterocycles. The minimum absolute atomic E-state index is 0.140. The van der Waals surface area contributed by atoms with Gasteiger partial charge in [0.05, 0.1) is 12.7 Å². The first-order valence-corrected chi connectivity index (χ1v) is 10.1. The molecule has 0 fully saturated rings. The van der Waals surface area contributed by atoms with Crippen molar-refractivity contribution < 1.29 is 33.0 Å². The molecular weight excluding hydrogens is 416 g/mol. The Bertz CT molecular complexity index is 1240. The van der Waals surface area contributed by atoms with E-state index >= 15 is 0 Å². The quantitative estimate of drug-likeness (QED) is 0.567. The van der Waals surface area contributed by atoms with Gasteiger partial charge >= 0.3 is 11.9 Å². The summed E-state index contributed by atoms with van der Waals surface area (Å²) in [6.07, 6.45) is -2.62. The van der Waals surface area contributed by atoms with E-state index in [1.54, 1.807) is 25.1 Å². The van der Waals surface area contributed by atoms with E-state index in [4.69, 9.17) is 23.4 Å². The molecule has 4 rings (SSSR count). The Morgan fingerprint density at radius 1 is 1.00 bits per heavy atom. The third-order valence-corrected chi connectivity index (χ3v) is 5.20. The molecule has 8 nitrogen and oxygen atoms in total. The number of methoxy groups -OCH3 is 1. The van der Waals surface area contributed by atoms with Gasteiger partial charge in [0.2, 0.25) is 0 Å². The topological polar surface area (TPSA) is 101 Å². The predicted octanol–water partition coefficient (Wildman–Crippen LogP) is 3.79. The van der Waals surface area contributed by atoms with Crippen LogP contribution in [0, 0.1) is 0 Å². The number of hydrogen-bond donors (Lipinski definition) is 0. The van der Waals surface area contributed by atoms with Gasteiger partial charge in [0.1, 0.15) is 28.7 Å². The second-order valence-electron chi connectivity index (χ2n) is 7.46. The Morgan fingerprint density at radius 2 is 1.69 bits per heavy atom. The average Bonchev–Trinajstić information content (AvgIpc) is 2.75. The maximum absolute atomic E-state index is 13.1. The van der Waals surface area contributed by atoms with Crippen molar-refractivity contribution in [1.82, 2.24) is 0 Å². The summed E-state index contributed by atoms with van der Waals surface area (Å²) in [4.78, 5) is 36.8. The Morgan fingerprint density at radius 3 is 2.31 bits per heavy atom. The molecule has 1 aliphatic heterocycles. The van der Waals surface area contributed by atoms with Gasteiger partial charge < -0.3 is 23.4 Å². The van der Waals surface area contributed by atoms with Gasteiger partial charge in [0.15, 0.2) is 23.2 Å². The smallest absolute Gasteiger partial charge is 0.303 e. The van der Waals surface area contributed by atoms with Crippen molar-refractivity contribution in [1.29, 1.82) is 0 Å². The molecule has 0 radical (unpaired) electrons. The van der Waals surface area contributed by atoms with Crippen LogP contribution in [0.15, 0.2) is 51.7 Å². The molecule has 0 bridgehead atoms. The van der Waals surface area contributed by atoms with Crippen LogP contribution in [-0.2, 0) is 19.1 Å². The highest BCUT2D eigenvalue weighted by atomic mass is 16.6. The molecule has 32 heavy (non-hydrogen) atoms. The van der Waals surface area contributed by atoms with E-state index in [1.807, 2.05) is 18.2 Å². The van der Waals surface area contributed by atoms with Gasteiger partial charge in [-0.1, -0.05) is 30.3 Å². The zero-order valence-corrected chi connectivity index (χ0v) is 18.0. The number of benzene rings is 2. The number of hydrogen-bond acceptors (Lipinski definition) is 8. The number of esters is 2. The highest BCUT2D eigenvalue weighted by Crippen LogP contribution is 2.46. The largest absolute Gasteiger partial charge is 0.496 e. The monoisotopic (exact) mass is 438 g/mol. The van der Waals surface area contributed by atoms with Crippen LogP contribution in [0.1, 0.15) is 32.4 Å². The third kappa shape index (κ3) is 3.79. The fourth-order valence-electron chi connectivity index (χ4n) is 3.90. The summed E-state index contributed by atoms with van der Waals surface area (Å²) in [5, 5.41) is 0.169. The van der Waals surface area contributed by atoms with Crippen LogP contribution in [-0.4, -0.2) is 31.3 Å². The van der Waals surface area contributed by atoms with E-state index in [-0.39, 0.29) is 22.1 Å². The fraction of sp³-hybridized carbons (Fsp3) is 0.292. The van der Waals surface area contributed by atoms with Crippen LogP contribution in [0.25, 0.3) is 22.3 Å². The normalized spacial score (nSPS) is 19.6. The lowest BCUT2D eigenvalue weighted by atomic mass is 9.93. The minimum Gasteiger partial charge on any atom is -0.496 e. The lowest BCUT2D eigenvalue weighted by Gasteiger charge is -2.36. The molecule has 1 aliphatic rings. The Balaban J connectivity index is 2.05. The number of carbonyl (C=O) groups is 2. The lowest BCUT2D eigenvalue weighted by molar-refractivity contribution is -0.176. The first-order valence-electron chi connectivity index (χ1n) is 10.1. The molecule has 0 spiro atoms. The van der Waals surface area contributed by atoms with Gasteiger partial charge in [-0.2, -0.15) is 0 Å². The molecule has 0 amide bonds. The maximum atomic E-state index is 13.1. The summed E-state index contributed by atoms with van der Waals surface area (Å²) in [7, 11) is 1.43. The zero-order valence-electron chi connectivity index (χ0n) is 18.0. The van der Waals surface area contributed by atoms with Gasteiger partial charge in [-0.3, -0.25) is 14.4 Å². The second-order valence-corrected chi connectivity index (χ2v) is 7.46. The molecule has 3 atom stereocenters. The molecule has 0 aliphatic carbocycles. The molecule has 3 aromatic rings. The van der Waals surface area contributed by atoms with Crippen molar-refractivity contribution in [2.24, 2.45) is 0 Å². The summed E-state index contributed by atoms with van der Waals surface area (Å²) in [6.45, 7) is 4.20. The standard InChI is InChI=1S/C24H22O8/c1-12-22(30-13(2)25)24(31-14(3)26)21-19(29-12)11-18(28-4)20-16(27)10-17(32-23(20)21)15-8-6-5-7-9-15/h5-12,22,24H,1-4H3. The summed E-state index contributed by atoms with van der Waals surface area (Å²) < 4.78 is 28.6. The summed E-state index contributed by atoms with van der Waals surface area (Å²) in [6, 6.07) is 12.0. The van der Waals surface area contributed by atoms with Crippen molar-refractivity contribution >= 4 is 22.9 Å². The van der Waals surface area contributed by atoms with Crippen LogP contribution in [0.4, 0.5) is 0 Å². The van der Waals surface area contributed by atoms with Gasteiger partial charge in [-0.25, -0.2) is 0 Å².